The number of aryl methyl sites for hydroxylation is 1. The lowest BCUT2D eigenvalue weighted by Gasteiger charge is -2.20. The van der Waals surface area contributed by atoms with Gasteiger partial charge in [-0.05, 0) is 20.8 Å². The van der Waals surface area contributed by atoms with Crippen LogP contribution in [-0.2, 0) is 14.6 Å². The molecule has 8 heteroatoms. The minimum Gasteiger partial charge on any atom is -0.292 e. The number of hydrogen-bond acceptors (Lipinski definition) is 5. The van der Waals surface area contributed by atoms with Crippen LogP contribution in [0.5, 0.6) is 0 Å². The number of nitrogens with zero attached hydrogens (tertiary/aromatic N) is 2. The Morgan fingerprint density at radius 3 is 2.38 bits per heavy atom. The third kappa shape index (κ3) is 2.38. The van der Waals surface area contributed by atoms with Gasteiger partial charge in [0.25, 0.3) is 0 Å². The van der Waals surface area contributed by atoms with Gasteiger partial charge < -0.3 is 0 Å². The molecule has 0 aliphatic rings. The number of hydrogen-bond donors (Lipinski definition) is 2. The van der Waals surface area contributed by atoms with E-state index in [1.807, 2.05) is 0 Å². The van der Waals surface area contributed by atoms with Gasteiger partial charge in [0.05, 0.1) is 0 Å². The van der Waals surface area contributed by atoms with Gasteiger partial charge in [0.1, 0.15) is 10.6 Å². The second-order valence-corrected chi connectivity index (χ2v) is 6.55. The molecule has 1 rings (SSSR count). The van der Waals surface area contributed by atoms with Gasteiger partial charge in [-0.3, -0.25) is 15.2 Å². The Morgan fingerprint density at radius 2 is 2.00 bits per heavy atom. The fourth-order valence-corrected chi connectivity index (χ4v) is 1.21. The highest BCUT2D eigenvalue weighted by Crippen LogP contribution is 2.16. The third-order valence-electron chi connectivity index (χ3n) is 2.30. The van der Waals surface area contributed by atoms with E-state index >= 15 is 0 Å². The maximum absolute atomic E-state index is 11.7. The first kappa shape index (κ1) is 12.6. The molecule has 0 radical (unpaired) electrons. The van der Waals surface area contributed by atoms with E-state index in [4.69, 9.17) is 0 Å². The van der Waals surface area contributed by atoms with Crippen molar-refractivity contribution in [3.63, 3.8) is 0 Å². The van der Waals surface area contributed by atoms with Gasteiger partial charge in [0, 0.05) is 6.26 Å². The fourth-order valence-electron chi connectivity index (χ4n) is 0.819. The minimum atomic E-state index is -3.49. The highest BCUT2D eigenvalue weighted by molar-refractivity contribution is 7.92. The largest absolute Gasteiger partial charge is 0.292 e. The van der Waals surface area contributed by atoms with Crippen LogP contribution in [0.1, 0.15) is 19.7 Å². The first-order chi connectivity index (χ1) is 7.14. The number of anilines is 1. The number of carbonyl (C=O) groups is 1. The first-order valence-electron chi connectivity index (χ1n) is 4.54. The van der Waals surface area contributed by atoms with E-state index in [0.717, 1.165) is 6.26 Å². The molecule has 7 nitrogen and oxygen atoms in total. The second-order valence-electron chi connectivity index (χ2n) is 3.98. The molecule has 16 heavy (non-hydrogen) atoms. The van der Waals surface area contributed by atoms with Gasteiger partial charge in [-0.25, -0.2) is 8.42 Å². The van der Waals surface area contributed by atoms with Crippen molar-refractivity contribution in [3.05, 3.63) is 5.82 Å². The highest BCUT2D eigenvalue weighted by Gasteiger charge is 2.38. The molecule has 0 bridgehead atoms. The molecule has 0 atom stereocenters. The van der Waals surface area contributed by atoms with Crippen LogP contribution in [0.2, 0.25) is 0 Å². The Balaban J connectivity index is 2.89. The molecule has 0 aromatic carbocycles. The van der Waals surface area contributed by atoms with Crippen LogP contribution in [0, 0.1) is 6.92 Å². The van der Waals surface area contributed by atoms with E-state index < -0.39 is 20.5 Å². The summed E-state index contributed by atoms with van der Waals surface area (Å²) in [7, 11) is -3.49. The summed E-state index contributed by atoms with van der Waals surface area (Å²) in [6.07, 6.45) is 1.01. The average Bonchev–Trinajstić information content (AvgIpc) is 2.49. The van der Waals surface area contributed by atoms with Crippen LogP contribution >= 0.6 is 0 Å². The molecular formula is C8H14N4O3S. The van der Waals surface area contributed by atoms with E-state index in [2.05, 4.69) is 20.5 Å². The summed E-state index contributed by atoms with van der Waals surface area (Å²) in [4.78, 5) is 15.6. The van der Waals surface area contributed by atoms with Crippen LogP contribution in [0.3, 0.4) is 0 Å². The van der Waals surface area contributed by atoms with Crippen molar-refractivity contribution in [1.29, 1.82) is 0 Å². The molecular weight excluding hydrogens is 232 g/mol. The molecule has 1 amide bonds. The summed E-state index contributed by atoms with van der Waals surface area (Å²) >= 11 is 0. The topological polar surface area (TPSA) is 105 Å². The van der Waals surface area contributed by atoms with Crippen LogP contribution < -0.4 is 5.32 Å². The van der Waals surface area contributed by atoms with Crippen molar-refractivity contribution in [3.8, 4) is 0 Å². The lowest BCUT2D eigenvalue weighted by atomic mass is 10.2. The van der Waals surface area contributed by atoms with Crippen molar-refractivity contribution in [1.82, 2.24) is 15.2 Å². The van der Waals surface area contributed by atoms with Crippen LogP contribution in [0.4, 0.5) is 5.95 Å². The van der Waals surface area contributed by atoms with Crippen molar-refractivity contribution in [2.45, 2.75) is 25.5 Å². The van der Waals surface area contributed by atoms with Crippen molar-refractivity contribution < 1.29 is 13.2 Å². The minimum absolute atomic E-state index is 0.0687. The lowest BCUT2D eigenvalue weighted by molar-refractivity contribution is -0.117. The number of aromatic amines is 1. The Kier molecular flexibility index (Phi) is 3.04. The number of amides is 1. The summed E-state index contributed by atoms with van der Waals surface area (Å²) in [6, 6.07) is 0. The van der Waals surface area contributed by atoms with Crippen molar-refractivity contribution >= 4 is 21.7 Å². The molecule has 1 aromatic heterocycles. The Bertz CT molecular complexity index is 503. The average molecular weight is 246 g/mol. The predicted octanol–water partition coefficient (Wildman–Crippen LogP) is -0.125. The molecule has 0 aliphatic carbocycles. The highest BCUT2D eigenvalue weighted by atomic mass is 32.2. The predicted molar refractivity (Wildman–Crippen MR) is 58.7 cm³/mol. The van der Waals surface area contributed by atoms with Gasteiger partial charge in [-0.1, -0.05) is 0 Å². The molecule has 1 heterocycles. The van der Waals surface area contributed by atoms with Gasteiger partial charge in [-0.15, -0.1) is 5.10 Å². The molecule has 90 valence electrons. The Morgan fingerprint density at radius 1 is 1.44 bits per heavy atom. The zero-order valence-corrected chi connectivity index (χ0v) is 10.3. The molecule has 0 spiro atoms. The summed E-state index contributed by atoms with van der Waals surface area (Å²) < 4.78 is 21.2. The summed E-state index contributed by atoms with van der Waals surface area (Å²) in [5.74, 6) is -0.0549. The molecule has 2 N–H and O–H groups in total. The molecule has 0 fully saturated rings. The fraction of sp³-hybridized carbons (Fsp3) is 0.625. The number of aromatic nitrogens is 3. The van der Waals surface area contributed by atoms with Gasteiger partial charge in [-0.2, -0.15) is 4.98 Å². The summed E-state index contributed by atoms with van der Waals surface area (Å²) in [5.41, 5.74) is 0. The zero-order valence-electron chi connectivity index (χ0n) is 9.53. The monoisotopic (exact) mass is 246 g/mol. The number of sulfone groups is 1. The number of carbonyl (C=O) groups excluding carboxylic acids is 1. The standard InChI is InChI=1S/C8H14N4O3S/c1-5-9-7(12-11-5)10-6(13)8(2,3)16(4,14)15/h1-4H3,(H2,9,10,11,12,13). The van der Waals surface area contributed by atoms with Gasteiger partial charge in [0.2, 0.25) is 11.9 Å². The quantitative estimate of drug-likeness (QED) is 0.773. The maximum atomic E-state index is 11.7. The molecule has 0 saturated heterocycles. The normalized spacial score (nSPS) is 12.5. The van der Waals surface area contributed by atoms with Crippen LogP contribution in [0.15, 0.2) is 0 Å². The Labute approximate surface area is 93.6 Å². The van der Waals surface area contributed by atoms with Gasteiger partial charge in [0.15, 0.2) is 9.84 Å². The number of nitrogens with one attached hydrogen (secondary N) is 2. The molecule has 1 aromatic rings. The zero-order chi connectivity index (χ0) is 12.6. The second kappa shape index (κ2) is 3.85. The maximum Gasteiger partial charge on any atom is 0.248 e. The van der Waals surface area contributed by atoms with Crippen molar-refractivity contribution in [2.75, 3.05) is 11.6 Å². The summed E-state index contributed by atoms with van der Waals surface area (Å²) in [6.45, 7) is 4.33. The summed E-state index contributed by atoms with van der Waals surface area (Å²) in [5, 5.41) is 8.57. The van der Waals surface area contributed by atoms with E-state index in [1.165, 1.54) is 13.8 Å². The van der Waals surface area contributed by atoms with E-state index in [9.17, 15) is 13.2 Å². The third-order valence-corrected chi connectivity index (χ3v) is 4.34. The van der Waals surface area contributed by atoms with E-state index in [1.54, 1.807) is 6.92 Å². The molecule has 0 saturated carbocycles. The van der Waals surface area contributed by atoms with Crippen LogP contribution in [-0.4, -0.2) is 40.5 Å². The Hall–Kier alpha value is -1.44. The number of rotatable bonds is 3. The van der Waals surface area contributed by atoms with Crippen LogP contribution in [0.25, 0.3) is 0 Å². The molecule has 0 aliphatic heterocycles. The lowest BCUT2D eigenvalue weighted by Crippen LogP contribution is -2.44. The van der Waals surface area contributed by atoms with E-state index in [-0.39, 0.29) is 5.95 Å². The first-order valence-corrected chi connectivity index (χ1v) is 6.44. The van der Waals surface area contributed by atoms with E-state index in [0.29, 0.717) is 5.82 Å². The SMILES string of the molecule is Cc1nc(NC(=O)C(C)(C)S(C)(=O)=O)n[nH]1. The van der Waals surface area contributed by atoms with Gasteiger partial charge >= 0.3 is 0 Å². The number of H-pyrrole nitrogens is 1. The van der Waals surface area contributed by atoms with Crippen molar-refractivity contribution in [2.24, 2.45) is 0 Å². The smallest absolute Gasteiger partial charge is 0.248 e. The molecule has 0 unspecified atom stereocenters.